The number of aliphatic hydroxyl groups excluding tert-OH is 2. The van der Waals surface area contributed by atoms with Crippen LogP contribution in [0.15, 0.2) is 11.3 Å². The van der Waals surface area contributed by atoms with Gasteiger partial charge in [-0.15, -0.1) is 0 Å². The van der Waals surface area contributed by atoms with E-state index in [1.165, 1.54) is 5.57 Å². The Labute approximate surface area is 145 Å². The SMILES string of the molecule is CC(=O)[C@H]1CC[C@H]2[C@@H]3CC[C@@H]4C[C@H](O)CC[C@]4(C)C3=C(O)C[C@]12C. The van der Waals surface area contributed by atoms with Crippen molar-refractivity contribution in [2.45, 2.75) is 78.2 Å². The fourth-order valence-corrected chi connectivity index (χ4v) is 7.37. The van der Waals surface area contributed by atoms with Crippen molar-refractivity contribution in [1.29, 1.82) is 0 Å². The summed E-state index contributed by atoms with van der Waals surface area (Å²) in [5, 5.41) is 21.2. The highest BCUT2D eigenvalue weighted by molar-refractivity contribution is 5.79. The van der Waals surface area contributed by atoms with E-state index < -0.39 is 0 Å². The van der Waals surface area contributed by atoms with E-state index in [1.54, 1.807) is 6.92 Å². The second-order valence-corrected chi connectivity index (χ2v) is 9.62. The van der Waals surface area contributed by atoms with E-state index in [-0.39, 0.29) is 22.9 Å². The molecular formula is C21H32O3. The van der Waals surface area contributed by atoms with Crippen LogP contribution in [-0.2, 0) is 4.79 Å². The summed E-state index contributed by atoms with van der Waals surface area (Å²) in [4.78, 5) is 12.2. The highest BCUT2D eigenvalue weighted by Gasteiger charge is 2.60. The summed E-state index contributed by atoms with van der Waals surface area (Å²) in [6.45, 7) is 6.32. The molecule has 4 aliphatic carbocycles. The molecule has 4 aliphatic rings. The summed E-state index contributed by atoms with van der Waals surface area (Å²) < 4.78 is 0. The molecule has 2 N–H and O–H groups in total. The van der Waals surface area contributed by atoms with Gasteiger partial charge in [0.05, 0.1) is 11.9 Å². The van der Waals surface area contributed by atoms with Crippen LogP contribution in [0.1, 0.15) is 72.1 Å². The number of carbonyl (C=O) groups excluding carboxylic acids is 1. The lowest BCUT2D eigenvalue weighted by atomic mass is 9.48. The van der Waals surface area contributed by atoms with Gasteiger partial charge in [0, 0.05) is 12.3 Å². The quantitative estimate of drug-likeness (QED) is 0.748. The summed E-state index contributed by atoms with van der Waals surface area (Å²) in [7, 11) is 0. The van der Waals surface area contributed by atoms with E-state index in [0.29, 0.717) is 35.7 Å². The normalized spacial score (nSPS) is 50.9. The van der Waals surface area contributed by atoms with Gasteiger partial charge in [0.2, 0.25) is 0 Å². The molecule has 24 heavy (non-hydrogen) atoms. The minimum Gasteiger partial charge on any atom is -0.512 e. The largest absolute Gasteiger partial charge is 0.512 e. The molecule has 4 rings (SSSR count). The summed E-state index contributed by atoms with van der Waals surface area (Å²) in [5.41, 5.74) is 1.32. The van der Waals surface area contributed by atoms with Gasteiger partial charge in [-0.2, -0.15) is 0 Å². The number of hydrogen-bond donors (Lipinski definition) is 2. The number of allylic oxidation sites excluding steroid dienone is 2. The van der Waals surface area contributed by atoms with Crippen LogP contribution in [0.2, 0.25) is 0 Å². The lowest BCUT2D eigenvalue weighted by Crippen LogP contribution is -2.50. The summed E-state index contributed by atoms with van der Waals surface area (Å²) in [6, 6.07) is 0. The van der Waals surface area contributed by atoms with Crippen LogP contribution in [0, 0.1) is 34.5 Å². The van der Waals surface area contributed by atoms with Gasteiger partial charge in [-0.3, -0.25) is 4.79 Å². The zero-order valence-corrected chi connectivity index (χ0v) is 15.3. The number of carbonyl (C=O) groups is 1. The van der Waals surface area contributed by atoms with Gasteiger partial charge in [0.15, 0.2) is 0 Å². The van der Waals surface area contributed by atoms with Crippen LogP contribution in [-0.4, -0.2) is 22.1 Å². The molecule has 3 heteroatoms. The standard InChI is InChI=1S/C21H32O3/c1-12(22)16-6-7-17-15-5-4-13-10-14(23)8-9-20(13,2)19(15)18(24)11-21(16,17)3/h13-17,23-24H,4-11H2,1-3H3/t13-,14-,15+,16-,17+,20+,21-/m1/s1. The van der Waals surface area contributed by atoms with Gasteiger partial charge in [-0.25, -0.2) is 0 Å². The molecular weight excluding hydrogens is 300 g/mol. The molecule has 0 unspecified atom stereocenters. The van der Waals surface area contributed by atoms with Crippen molar-refractivity contribution >= 4 is 5.78 Å². The van der Waals surface area contributed by atoms with E-state index >= 15 is 0 Å². The van der Waals surface area contributed by atoms with E-state index in [2.05, 4.69) is 13.8 Å². The van der Waals surface area contributed by atoms with Crippen LogP contribution in [0.25, 0.3) is 0 Å². The molecule has 0 spiro atoms. The number of aliphatic hydroxyl groups is 2. The minimum atomic E-state index is -0.162. The van der Waals surface area contributed by atoms with Gasteiger partial charge in [-0.1, -0.05) is 13.8 Å². The lowest BCUT2D eigenvalue weighted by molar-refractivity contribution is -0.125. The Morgan fingerprint density at radius 2 is 1.88 bits per heavy atom. The fraction of sp³-hybridized carbons (Fsp3) is 0.857. The average Bonchev–Trinajstić information content (AvgIpc) is 2.84. The van der Waals surface area contributed by atoms with E-state index in [1.807, 2.05) is 0 Å². The molecule has 0 heterocycles. The molecule has 0 amide bonds. The van der Waals surface area contributed by atoms with Gasteiger partial charge in [0.1, 0.15) is 5.78 Å². The van der Waals surface area contributed by atoms with Gasteiger partial charge >= 0.3 is 0 Å². The van der Waals surface area contributed by atoms with Gasteiger partial charge in [-0.05, 0) is 86.0 Å². The number of ketones is 1. The van der Waals surface area contributed by atoms with Gasteiger partial charge < -0.3 is 10.2 Å². The molecule has 0 saturated heterocycles. The van der Waals surface area contributed by atoms with Crippen LogP contribution in [0.5, 0.6) is 0 Å². The molecule has 0 aromatic heterocycles. The molecule has 3 saturated carbocycles. The number of fused-ring (bicyclic) bond motifs is 5. The van der Waals surface area contributed by atoms with Crippen LogP contribution < -0.4 is 0 Å². The van der Waals surface area contributed by atoms with E-state index in [4.69, 9.17) is 0 Å². The Bertz CT molecular complexity index is 594. The first-order chi connectivity index (χ1) is 11.3. The van der Waals surface area contributed by atoms with Crippen molar-refractivity contribution in [3.8, 4) is 0 Å². The smallest absolute Gasteiger partial charge is 0.133 e. The van der Waals surface area contributed by atoms with Crippen molar-refractivity contribution in [2.24, 2.45) is 34.5 Å². The Kier molecular flexibility index (Phi) is 3.69. The topological polar surface area (TPSA) is 57.5 Å². The van der Waals surface area contributed by atoms with E-state index in [0.717, 1.165) is 44.9 Å². The first-order valence-electron chi connectivity index (χ1n) is 9.88. The van der Waals surface area contributed by atoms with Crippen LogP contribution in [0.4, 0.5) is 0 Å². The summed E-state index contributed by atoms with van der Waals surface area (Å²) >= 11 is 0. The molecule has 0 aromatic carbocycles. The first kappa shape index (κ1) is 16.6. The molecule has 3 nitrogen and oxygen atoms in total. The third-order valence-electron chi connectivity index (χ3n) is 8.51. The average molecular weight is 332 g/mol. The molecule has 0 aliphatic heterocycles. The van der Waals surface area contributed by atoms with Crippen molar-refractivity contribution < 1.29 is 15.0 Å². The summed E-state index contributed by atoms with van der Waals surface area (Å²) in [6.07, 6.45) is 7.66. The van der Waals surface area contributed by atoms with Crippen LogP contribution >= 0.6 is 0 Å². The maximum Gasteiger partial charge on any atom is 0.133 e. The van der Waals surface area contributed by atoms with Gasteiger partial charge in [0.25, 0.3) is 0 Å². The Hall–Kier alpha value is -0.830. The number of hydrogen-bond acceptors (Lipinski definition) is 3. The molecule has 0 bridgehead atoms. The maximum atomic E-state index is 12.2. The predicted molar refractivity (Wildman–Crippen MR) is 93.5 cm³/mol. The Balaban J connectivity index is 1.75. The molecule has 134 valence electrons. The maximum absolute atomic E-state index is 12.2. The molecule has 0 aromatic rings. The zero-order valence-electron chi connectivity index (χ0n) is 15.3. The number of Topliss-reactive ketones (excluding diaryl/α,β-unsaturated/α-hetero) is 1. The minimum absolute atomic E-state index is 0.0541. The zero-order chi connectivity index (χ0) is 17.3. The molecule has 3 fully saturated rings. The highest BCUT2D eigenvalue weighted by Crippen LogP contribution is 2.66. The lowest BCUT2D eigenvalue weighted by Gasteiger charge is -2.57. The predicted octanol–water partition coefficient (Wildman–Crippen LogP) is 4.40. The number of rotatable bonds is 1. The second-order valence-electron chi connectivity index (χ2n) is 9.62. The monoisotopic (exact) mass is 332 g/mol. The third kappa shape index (κ3) is 2.09. The van der Waals surface area contributed by atoms with Crippen molar-refractivity contribution in [3.63, 3.8) is 0 Å². The third-order valence-corrected chi connectivity index (χ3v) is 8.51. The second kappa shape index (κ2) is 5.33. The Morgan fingerprint density at radius 1 is 1.12 bits per heavy atom. The Morgan fingerprint density at radius 3 is 2.58 bits per heavy atom. The molecule has 0 radical (unpaired) electrons. The van der Waals surface area contributed by atoms with Crippen LogP contribution in [0.3, 0.4) is 0 Å². The highest BCUT2D eigenvalue weighted by atomic mass is 16.3. The van der Waals surface area contributed by atoms with Crippen molar-refractivity contribution in [3.05, 3.63) is 11.3 Å². The van der Waals surface area contributed by atoms with Crippen molar-refractivity contribution in [2.75, 3.05) is 0 Å². The van der Waals surface area contributed by atoms with E-state index in [9.17, 15) is 15.0 Å². The first-order valence-corrected chi connectivity index (χ1v) is 9.88. The molecule has 7 atom stereocenters. The van der Waals surface area contributed by atoms with Crippen molar-refractivity contribution in [1.82, 2.24) is 0 Å². The summed E-state index contributed by atoms with van der Waals surface area (Å²) in [5.74, 6) is 2.51. The fourth-order valence-electron chi connectivity index (χ4n) is 7.37.